The van der Waals surface area contributed by atoms with Gasteiger partial charge >= 0.3 is 0 Å². The second-order valence-corrected chi connectivity index (χ2v) is 5.94. The normalized spacial score (nSPS) is 13.4. The first-order valence-corrected chi connectivity index (χ1v) is 8.41. The largest absolute Gasteiger partial charge is 0.484 e. The van der Waals surface area contributed by atoms with Gasteiger partial charge in [0.25, 0.3) is 11.8 Å². The fourth-order valence-electron chi connectivity index (χ4n) is 2.65. The molecule has 0 saturated carbocycles. The summed E-state index contributed by atoms with van der Waals surface area (Å²) in [6.45, 7) is 0.287. The molecule has 2 aromatic carbocycles. The lowest BCUT2D eigenvalue weighted by Crippen LogP contribution is -2.43. The number of hydrazine groups is 1. The predicted octanol–water partition coefficient (Wildman–Crippen LogP) is 1.79. The number of anilines is 1. The Morgan fingerprint density at radius 3 is 2.59 bits per heavy atom. The maximum atomic E-state index is 12.8. The van der Waals surface area contributed by atoms with Crippen LogP contribution in [0.1, 0.15) is 23.2 Å². The van der Waals surface area contributed by atoms with E-state index in [1.165, 1.54) is 24.3 Å². The molecule has 0 spiro atoms. The van der Waals surface area contributed by atoms with E-state index in [9.17, 15) is 18.8 Å². The third-order valence-electron chi connectivity index (χ3n) is 3.99. The molecule has 0 atom stereocenters. The summed E-state index contributed by atoms with van der Waals surface area (Å²) in [5.41, 5.74) is 5.49. The molecule has 1 saturated heterocycles. The van der Waals surface area contributed by atoms with Crippen LogP contribution in [0.25, 0.3) is 0 Å². The van der Waals surface area contributed by atoms with Crippen molar-refractivity contribution in [2.45, 2.75) is 12.8 Å². The van der Waals surface area contributed by atoms with E-state index in [4.69, 9.17) is 4.74 Å². The first kappa shape index (κ1) is 18.4. The number of carbonyl (C=O) groups is 3. The molecule has 0 bridgehead atoms. The fourth-order valence-corrected chi connectivity index (χ4v) is 2.65. The van der Waals surface area contributed by atoms with E-state index in [0.717, 1.165) is 6.42 Å². The summed E-state index contributed by atoms with van der Waals surface area (Å²) < 4.78 is 18.0. The van der Waals surface area contributed by atoms with E-state index >= 15 is 0 Å². The number of amides is 3. The van der Waals surface area contributed by atoms with Crippen molar-refractivity contribution in [3.63, 3.8) is 0 Å². The molecule has 140 valence electrons. The van der Waals surface area contributed by atoms with Gasteiger partial charge in [-0.3, -0.25) is 25.2 Å². The molecule has 1 aliphatic rings. The number of benzene rings is 2. The molecule has 0 aliphatic carbocycles. The molecule has 1 fully saturated rings. The minimum atomic E-state index is -0.571. The molecule has 27 heavy (non-hydrogen) atoms. The van der Waals surface area contributed by atoms with E-state index in [0.29, 0.717) is 30.0 Å². The summed E-state index contributed by atoms with van der Waals surface area (Å²) in [6, 6.07) is 11.8. The van der Waals surface area contributed by atoms with Crippen molar-refractivity contribution >= 4 is 23.4 Å². The summed E-state index contributed by atoms with van der Waals surface area (Å²) in [4.78, 5) is 37.4. The van der Waals surface area contributed by atoms with Crippen LogP contribution in [0.2, 0.25) is 0 Å². The van der Waals surface area contributed by atoms with Crippen molar-refractivity contribution in [2.24, 2.45) is 0 Å². The molecule has 1 heterocycles. The van der Waals surface area contributed by atoms with Crippen molar-refractivity contribution < 1.29 is 23.5 Å². The van der Waals surface area contributed by atoms with Gasteiger partial charge < -0.3 is 9.64 Å². The van der Waals surface area contributed by atoms with Gasteiger partial charge in [-0.2, -0.15) is 0 Å². The molecule has 3 amide bonds. The monoisotopic (exact) mass is 371 g/mol. The molecule has 0 unspecified atom stereocenters. The first-order valence-electron chi connectivity index (χ1n) is 8.41. The molecule has 0 radical (unpaired) electrons. The van der Waals surface area contributed by atoms with Gasteiger partial charge in [0.2, 0.25) is 5.91 Å². The summed E-state index contributed by atoms with van der Waals surface area (Å²) >= 11 is 0. The highest BCUT2D eigenvalue weighted by atomic mass is 19.1. The number of hydrogen-bond acceptors (Lipinski definition) is 4. The topological polar surface area (TPSA) is 87.7 Å². The van der Waals surface area contributed by atoms with Crippen LogP contribution in [0, 0.1) is 5.82 Å². The summed E-state index contributed by atoms with van der Waals surface area (Å²) in [5, 5.41) is 0. The molecular formula is C19H18FN3O4. The second-order valence-electron chi connectivity index (χ2n) is 5.94. The predicted molar refractivity (Wildman–Crippen MR) is 95.5 cm³/mol. The summed E-state index contributed by atoms with van der Waals surface area (Å²) in [6.07, 6.45) is 1.29. The highest BCUT2D eigenvalue weighted by molar-refractivity contribution is 5.99. The number of carbonyl (C=O) groups excluding carboxylic acids is 3. The lowest BCUT2D eigenvalue weighted by Gasteiger charge is -2.16. The smallest absolute Gasteiger partial charge is 0.276 e. The van der Waals surface area contributed by atoms with Crippen LogP contribution in [-0.4, -0.2) is 30.9 Å². The Morgan fingerprint density at radius 1 is 1.11 bits per heavy atom. The average molecular weight is 371 g/mol. The number of rotatable bonds is 5. The van der Waals surface area contributed by atoms with Crippen LogP contribution in [-0.2, 0) is 9.59 Å². The Morgan fingerprint density at radius 2 is 1.89 bits per heavy atom. The standard InChI is InChI=1S/C19H18FN3O4/c20-14-6-8-16(9-7-14)27-12-17(24)21-22-19(26)13-3-1-4-15(11-13)23-10-2-5-18(23)25/h1,3-4,6-9,11H,2,5,10,12H2,(H,21,24)(H,22,26). The van der Waals surface area contributed by atoms with Crippen LogP contribution >= 0.6 is 0 Å². The van der Waals surface area contributed by atoms with Crippen molar-refractivity contribution in [1.29, 1.82) is 0 Å². The fraction of sp³-hybridized carbons (Fsp3) is 0.211. The van der Waals surface area contributed by atoms with Crippen LogP contribution < -0.4 is 20.5 Å². The zero-order chi connectivity index (χ0) is 19.2. The zero-order valence-corrected chi connectivity index (χ0v) is 14.4. The lowest BCUT2D eigenvalue weighted by atomic mass is 10.2. The number of hydrogen-bond donors (Lipinski definition) is 2. The van der Waals surface area contributed by atoms with E-state index < -0.39 is 17.6 Å². The Labute approximate surface area is 155 Å². The van der Waals surface area contributed by atoms with Gasteiger partial charge in [0.1, 0.15) is 11.6 Å². The maximum absolute atomic E-state index is 12.8. The van der Waals surface area contributed by atoms with Crippen molar-refractivity contribution in [1.82, 2.24) is 10.9 Å². The van der Waals surface area contributed by atoms with Crippen molar-refractivity contribution in [3.8, 4) is 5.75 Å². The van der Waals surface area contributed by atoms with E-state index in [2.05, 4.69) is 10.9 Å². The molecule has 2 aromatic rings. The Bertz CT molecular complexity index is 854. The Hall–Kier alpha value is -3.42. The highest BCUT2D eigenvalue weighted by Gasteiger charge is 2.22. The van der Waals surface area contributed by atoms with Crippen LogP contribution in [0.4, 0.5) is 10.1 Å². The third kappa shape index (κ3) is 4.81. The van der Waals surface area contributed by atoms with Gasteiger partial charge in [-0.25, -0.2) is 4.39 Å². The minimum absolute atomic E-state index is 0.0267. The van der Waals surface area contributed by atoms with Gasteiger partial charge in [0.15, 0.2) is 6.61 Å². The van der Waals surface area contributed by atoms with Crippen LogP contribution in [0.15, 0.2) is 48.5 Å². The third-order valence-corrected chi connectivity index (χ3v) is 3.99. The number of nitrogens with zero attached hydrogens (tertiary/aromatic N) is 1. The maximum Gasteiger partial charge on any atom is 0.276 e. The van der Waals surface area contributed by atoms with E-state index in [1.807, 2.05) is 0 Å². The Balaban J connectivity index is 1.50. The van der Waals surface area contributed by atoms with E-state index in [1.54, 1.807) is 29.2 Å². The van der Waals surface area contributed by atoms with Crippen molar-refractivity contribution in [2.75, 3.05) is 18.1 Å². The van der Waals surface area contributed by atoms with Crippen LogP contribution in [0.5, 0.6) is 5.75 Å². The molecular weight excluding hydrogens is 353 g/mol. The van der Waals surface area contributed by atoms with Gasteiger partial charge in [0.05, 0.1) is 0 Å². The molecule has 7 nitrogen and oxygen atoms in total. The Kier molecular flexibility index (Phi) is 5.65. The van der Waals surface area contributed by atoms with Gasteiger partial charge in [0, 0.05) is 24.2 Å². The van der Waals surface area contributed by atoms with Gasteiger partial charge in [-0.15, -0.1) is 0 Å². The lowest BCUT2D eigenvalue weighted by molar-refractivity contribution is -0.123. The summed E-state index contributed by atoms with van der Waals surface area (Å²) in [5.74, 6) is -1.13. The minimum Gasteiger partial charge on any atom is -0.484 e. The SMILES string of the molecule is O=C(COc1ccc(F)cc1)NNC(=O)c1cccc(N2CCCC2=O)c1. The van der Waals surface area contributed by atoms with Gasteiger partial charge in [-0.05, 0) is 48.9 Å². The molecule has 2 N–H and O–H groups in total. The number of halogens is 1. The van der Waals surface area contributed by atoms with Crippen molar-refractivity contribution in [3.05, 3.63) is 59.9 Å². The zero-order valence-electron chi connectivity index (χ0n) is 14.4. The van der Waals surface area contributed by atoms with E-state index in [-0.39, 0.29) is 12.5 Å². The highest BCUT2D eigenvalue weighted by Crippen LogP contribution is 2.22. The molecule has 8 heteroatoms. The average Bonchev–Trinajstić information content (AvgIpc) is 3.11. The second kappa shape index (κ2) is 8.31. The summed E-state index contributed by atoms with van der Waals surface area (Å²) in [7, 11) is 0. The van der Waals surface area contributed by atoms with Crippen LogP contribution in [0.3, 0.4) is 0 Å². The van der Waals surface area contributed by atoms with Gasteiger partial charge in [-0.1, -0.05) is 6.07 Å². The molecule has 0 aromatic heterocycles. The number of ether oxygens (including phenoxy) is 1. The first-order chi connectivity index (χ1) is 13.0. The molecule has 3 rings (SSSR count). The molecule has 1 aliphatic heterocycles. The quantitative estimate of drug-likeness (QED) is 0.785. The number of nitrogens with one attached hydrogen (secondary N) is 2.